The summed E-state index contributed by atoms with van der Waals surface area (Å²) < 4.78 is 0. The molecule has 0 saturated heterocycles. The molecule has 0 radical (unpaired) electrons. The lowest BCUT2D eigenvalue weighted by molar-refractivity contribution is 0.561. The van der Waals surface area contributed by atoms with Gasteiger partial charge in [0.05, 0.1) is 0 Å². The van der Waals surface area contributed by atoms with Crippen LogP contribution in [-0.4, -0.2) is 0 Å². The second-order valence-corrected chi connectivity index (χ2v) is 3.14. The highest BCUT2D eigenvalue weighted by atomic mass is 14.0. The maximum atomic E-state index is 2.47. The molecule has 0 heteroatoms. The van der Waals surface area contributed by atoms with Gasteiger partial charge >= 0.3 is 0 Å². The van der Waals surface area contributed by atoms with E-state index in [1.165, 1.54) is 32.1 Å². The minimum atomic E-state index is 0.844. The zero-order valence-corrected chi connectivity index (χ0v) is 7.69. The van der Waals surface area contributed by atoms with Crippen molar-refractivity contribution in [2.75, 3.05) is 0 Å². The van der Waals surface area contributed by atoms with E-state index in [0.717, 1.165) is 5.92 Å². The van der Waals surface area contributed by atoms with Crippen molar-refractivity contribution in [3.05, 3.63) is 6.42 Å². The van der Waals surface area contributed by atoms with Gasteiger partial charge in [-0.2, -0.15) is 12.3 Å². The molecule has 0 rings (SSSR count). The van der Waals surface area contributed by atoms with Crippen molar-refractivity contribution < 1.29 is 0 Å². The first kappa shape index (κ1) is 10.0. The van der Waals surface area contributed by atoms with Gasteiger partial charge in [0.1, 0.15) is 0 Å². The largest absolute Gasteiger partial charge is 0.326 e. The van der Waals surface area contributed by atoms with Gasteiger partial charge in [0, 0.05) is 0 Å². The standard InChI is InChI=1S/C10H21/c1-4-6-7-9-10(3)8-5-2/h9-10H,4-8H2,1-3H3/q-1. The van der Waals surface area contributed by atoms with Crippen LogP contribution in [0.1, 0.15) is 52.9 Å². The summed E-state index contributed by atoms with van der Waals surface area (Å²) in [5.74, 6) is 0.844. The fourth-order valence-electron chi connectivity index (χ4n) is 1.18. The van der Waals surface area contributed by atoms with Crippen molar-refractivity contribution in [1.82, 2.24) is 0 Å². The molecule has 0 aliphatic heterocycles. The highest BCUT2D eigenvalue weighted by Crippen LogP contribution is 2.12. The average molecular weight is 141 g/mol. The fourth-order valence-corrected chi connectivity index (χ4v) is 1.18. The van der Waals surface area contributed by atoms with E-state index >= 15 is 0 Å². The fraction of sp³-hybridized carbons (Fsp3) is 0.900. The van der Waals surface area contributed by atoms with Gasteiger partial charge in [-0.15, -0.1) is 0 Å². The molecule has 0 fully saturated rings. The van der Waals surface area contributed by atoms with E-state index in [4.69, 9.17) is 0 Å². The van der Waals surface area contributed by atoms with Crippen molar-refractivity contribution in [2.24, 2.45) is 5.92 Å². The Labute approximate surface area is 66.0 Å². The Morgan fingerprint density at radius 2 is 1.90 bits per heavy atom. The van der Waals surface area contributed by atoms with E-state index < -0.39 is 0 Å². The molecule has 1 unspecified atom stereocenters. The van der Waals surface area contributed by atoms with Crippen LogP contribution in [0.3, 0.4) is 0 Å². The van der Waals surface area contributed by atoms with Gasteiger partial charge in [0.2, 0.25) is 0 Å². The highest BCUT2D eigenvalue weighted by Gasteiger charge is 1.87. The van der Waals surface area contributed by atoms with Crippen molar-refractivity contribution >= 4 is 0 Å². The second kappa shape index (κ2) is 7.11. The first-order valence-electron chi connectivity index (χ1n) is 4.64. The molecule has 0 aliphatic rings. The van der Waals surface area contributed by atoms with Crippen LogP contribution in [0.15, 0.2) is 0 Å². The molecule has 0 nitrogen and oxygen atoms in total. The number of unbranched alkanes of at least 4 members (excludes halogenated alkanes) is 2. The third-order valence-corrected chi connectivity index (χ3v) is 1.87. The zero-order chi connectivity index (χ0) is 7.82. The van der Waals surface area contributed by atoms with Crippen LogP contribution in [0.25, 0.3) is 0 Å². The maximum Gasteiger partial charge on any atom is -0.0584 e. The molecule has 0 aliphatic carbocycles. The molecule has 0 aromatic heterocycles. The van der Waals surface area contributed by atoms with E-state index in [1.54, 1.807) is 0 Å². The summed E-state index contributed by atoms with van der Waals surface area (Å²) in [4.78, 5) is 0. The topological polar surface area (TPSA) is 0 Å². The molecular formula is C10H21-. The van der Waals surface area contributed by atoms with E-state index in [1.807, 2.05) is 0 Å². The van der Waals surface area contributed by atoms with E-state index in [2.05, 4.69) is 27.2 Å². The molecule has 10 heavy (non-hydrogen) atoms. The number of hydrogen-bond donors (Lipinski definition) is 0. The molecule has 62 valence electrons. The van der Waals surface area contributed by atoms with Gasteiger partial charge < -0.3 is 6.42 Å². The minimum Gasteiger partial charge on any atom is -0.326 e. The van der Waals surface area contributed by atoms with Crippen molar-refractivity contribution in [1.29, 1.82) is 0 Å². The Balaban J connectivity index is 2.97. The quantitative estimate of drug-likeness (QED) is 0.389. The third kappa shape index (κ3) is 6.12. The van der Waals surface area contributed by atoms with E-state index in [0.29, 0.717) is 0 Å². The van der Waals surface area contributed by atoms with Crippen LogP contribution in [0, 0.1) is 12.3 Å². The summed E-state index contributed by atoms with van der Waals surface area (Å²) in [6.07, 6.45) is 9.17. The van der Waals surface area contributed by atoms with Crippen LogP contribution in [0.5, 0.6) is 0 Å². The Kier molecular flexibility index (Phi) is 7.11. The van der Waals surface area contributed by atoms with E-state index in [9.17, 15) is 0 Å². The normalized spacial score (nSPS) is 13.5. The Morgan fingerprint density at radius 1 is 1.20 bits per heavy atom. The van der Waals surface area contributed by atoms with Crippen LogP contribution in [-0.2, 0) is 0 Å². The molecule has 0 aromatic rings. The van der Waals surface area contributed by atoms with Crippen molar-refractivity contribution in [2.45, 2.75) is 52.9 Å². The van der Waals surface area contributed by atoms with Gasteiger partial charge in [-0.05, 0) is 0 Å². The van der Waals surface area contributed by atoms with Gasteiger partial charge in [-0.1, -0.05) is 46.5 Å². The summed E-state index contributed by atoms with van der Waals surface area (Å²) in [6, 6.07) is 0. The molecular weight excluding hydrogens is 120 g/mol. The maximum absolute atomic E-state index is 2.47. The number of rotatable bonds is 6. The molecule has 1 atom stereocenters. The Morgan fingerprint density at radius 3 is 2.40 bits per heavy atom. The summed E-state index contributed by atoms with van der Waals surface area (Å²) in [5, 5.41) is 0. The molecule has 0 saturated carbocycles. The summed E-state index contributed by atoms with van der Waals surface area (Å²) in [7, 11) is 0. The van der Waals surface area contributed by atoms with Crippen LogP contribution in [0.4, 0.5) is 0 Å². The summed E-state index contributed by atoms with van der Waals surface area (Å²) in [5.41, 5.74) is 0. The molecule has 0 bridgehead atoms. The minimum absolute atomic E-state index is 0.844. The van der Waals surface area contributed by atoms with Gasteiger partial charge in [0.25, 0.3) is 0 Å². The Bertz CT molecular complexity index is 57.1. The molecule has 0 spiro atoms. The van der Waals surface area contributed by atoms with Crippen molar-refractivity contribution in [3.63, 3.8) is 0 Å². The van der Waals surface area contributed by atoms with Crippen molar-refractivity contribution in [3.8, 4) is 0 Å². The lowest BCUT2D eigenvalue weighted by Gasteiger charge is -2.19. The summed E-state index contributed by atoms with van der Waals surface area (Å²) >= 11 is 0. The predicted octanol–water partition coefficient (Wildman–Crippen LogP) is 3.82. The first-order valence-corrected chi connectivity index (χ1v) is 4.64. The van der Waals surface area contributed by atoms with Gasteiger partial charge in [0.15, 0.2) is 0 Å². The zero-order valence-electron chi connectivity index (χ0n) is 7.69. The highest BCUT2D eigenvalue weighted by molar-refractivity contribution is 4.71. The van der Waals surface area contributed by atoms with E-state index in [-0.39, 0.29) is 0 Å². The van der Waals surface area contributed by atoms with Gasteiger partial charge in [-0.25, -0.2) is 0 Å². The summed E-state index contributed by atoms with van der Waals surface area (Å²) in [6.45, 7) is 6.82. The smallest absolute Gasteiger partial charge is 0.0584 e. The molecule has 0 amide bonds. The lowest BCUT2D eigenvalue weighted by Crippen LogP contribution is -1.94. The number of hydrogen-bond acceptors (Lipinski definition) is 0. The average Bonchev–Trinajstić information content (AvgIpc) is 1.89. The molecule has 0 N–H and O–H groups in total. The van der Waals surface area contributed by atoms with Gasteiger partial charge in [-0.3, -0.25) is 0 Å². The third-order valence-electron chi connectivity index (χ3n) is 1.87. The lowest BCUT2D eigenvalue weighted by atomic mass is 9.99. The molecule has 0 aromatic carbocycles. The predicted molar refractivity (Wildman–Crippen MR) is 47.9 cm³/mol. The van der Waals surface area contributed by atoms with Crippen LogP contribution >= 0.6 is 0 Å². The Hall–Kier alpha value is 0. The molecule has 0 heterocycles. The SMILES string of the molecule is CCCC[CH-]C(C)CCC. The second-order valence-electron chi connectivity index (χ2n) is 3.14. The first-order chi connectivity index (χ1) is 4.81. The van der Waals surface area contributed by atoms with Crippen LogP contribution < -0.4 is 0 Å². The van der Waals surface area contributed by atoms with Crippen LogP contribution in [0.2, 0.25) is 0 Å². The monoisotopic (exact) mass is 141 g/mol.